The number of halogens is 1. The average Bonchev–Trinajstić information content (AvgIpc) is 2.29. The number of hydrogen-bond donors (Lipinski definition) is 2. The topological polar surface area (TPSA) is 64.3 Å². The molecule has 106 valence electrons. The zero-order valence-corrected chi connectivity index (χ0v) is 12.3. The van der Waals surface area contributed by atoms with Gasteiger partial charge in [-0.3, -0.25) is 4.79 Å². The van der Waals surface area contributed by atoms with Gasteiger partial charge in [-0.25, -0.2) is 0 Å². The van der Waals surface area contributed by atoms with E-state index in [1.807, 2.05) is 26.8 Å². The molecule has 0 saturated carbocycles. The van der Waals surface area contributed by atoms with Crippen LogP contribution < -0.4 is 15.8 Å². The third-order valence-corrected chi connectivity index (χ3v) is 2.81. The lowest BCUT2D eigenvalue weighted by Gasteiger charge is -2.12. The van der Waals surface area contributed by atoms with Crippen molar-refractivity contribution in [1.82, 2.24) is 5.32 Å². The van der Waals surface area contributed by atoms with E-state index < -0.39 is 0 Å². The molecule has 0 spiro atoms. The third kappa shape index (κ3) is 5.49. The van der Waals surface area contributed by atoms with Crippen molar-refractivity contribution < 1.29 is 9.53 Å². The molecule has 5 heteroatoms. The van der Waals surface area contributed by atoms with Gasteiger partial charge in [-0.1, -0.05) is 17.7 Å². The van der Waals surface area contributed by atoms with E-state index in [4.69, 9.17) is 22.1 Å². The van der Waals surface area contributed by atoms with Gasteiger partial charge in [0.15, 0.2) is 0 Å². The van der Waals surface area contributed by atoms with E-state index in [1.165, 1.54) is 0 Å². The Morgan fingerprint density at radius 3 is 2.63 bits per heavy atom. The monoisotopic (exact) mass is 284 g/mol. The number of nitrogens with one attached hydrogen (secondary N) is 1. The number of hydrogen-bond acceptors (Lipinski definition) is 3. The van der Waals surface area contributed by atoms with Crippen molar-refractivity contribution >= 4 is 17.5 Å². The number of carbonyl (C=O) groups is 1. The highest BCUT2D eigenvalue weighted by molar-refractivity contribution is 6.32. The van der Waals surface area contributed by atoms with Gasteiger partial charge in [0.05, 0.1) is 18.1 Å². The third-order valence-electron chi connectivity index (χ3n) is 2.52. The summed E-state index contributed by atoms with van der Waals surface area (Å²) in [7, 11) is 0. The van der Waals surface area contributed by atoms with Gasteiger partial charge in [0, 0.05) is 12.1 Å². The van der Waals surface area contributed by atoms with E-state index in [0.29, 0.717) is 23.8 Å². The Hall–Kier alpha value is -1.26. The van der Waals surface area contributed by atoms with Crippen molar-refractivity contribution in [3.8, 4) is 5.75 Å². The maximum Gasteiger partial charge on any atom is 0.223 e. The molecule has 1 aromatic rings. The molecule has 0 unspecified atom stereocenters. The van der Waals surface area contributed by atoms with E-state index in [2.05, 4.69) is 5.32 Å². The fourth-order valence-electron chi connectivity index (χ4n) is 1.57. The molecule has 0 fully saturated rings. The predicted molar refractivity (Wildman–Crippen MR) is 77.4 cm³/mol. The molecule has 0 bridgehead atoms. The molecule has 1 amide bonds. The standard InChI is InChI=1S/C14H21ClN2O2/c1-9(2)17-14(18)6-7-19-13-5-4-11(10(3)16)8-12(13)15/h4-5,8-10H,6-7,16H2,1-3H3,(H,17,18)/t10-/m1/s1. The molecule has 0 radical (unpaired) electrons. The summed E-state index contributed by atoms with van der Waals surface area (Å²) in [6.07, 6.45) is 0.309. The molecule has 0 aliphatic carbocycles. The van der Waals surface area contributed by atoms with Gasteiger partial charge in [0.25, 0.3) is 0 Å². The van der Waals surface area contributed by atoms with Crippen LogP contribution >= 0.6 is 11.6 Å². The maximum absolute atomic E-state index is 11.4. The summed E-state index contributed by atoms with van der Waals surface area (Å²) in [4.78, 5) is 11.4. The van der Waals surface area contributed by atoms with Crippen molar-refractivity contribution in [2.24, 2.45) is 5.73 Å². The van der Waals surface area contributed by atoms with Crippen LogP contribution in [0.1, 0.15) is 38.8 Å². The van der Waals surface area contributed by atoms with Gasteiger partial charge in [0.2, 0.25) is 5.91 Å². The van der Waals surface area contributed by atoms with Crippen molar-refractivity contribution in [2.75, 3.05) is 6.61 Å². The van der Waals surface area contributed by atoms with E-state index in [-0.39, 0.29) is 18.0 Å². The second-order valence-electron chi connectivity index (χ2n) is 4.80. The predicted octanol–water partition coefficient (Wildman–Crippen LogP) is 2.65. The molecule has 0 aliphatic rings. The average molecular weight is 285 g/mol. The molecule has 0 aliphatic heterocycles. The molecule has 4 nitrogen and oxygen atoms in total. The highest BCUT2D eigenvalue weighted by Gasteiger charge is 2.07. The summed E-state index contributed by atoms with van der Waals surface area (Å²) in [5, 5.41) is 3.31. The van der Waals surface area contributed by atoms with Crippen LogP contribution in [0, 0.1) is 0 Å². The summed E-state index contributed by atoms with van der Waals surface area (Å²) >= 11 is 6.09. The fourth-order valence-corrected chi connectivity index (χ4v) is 1.81. The molecular weight excluding hydrogens is 264 g/mol. The summed E-state index contributed by atoms with van der Waals surface area (Å²) in [6, 6.07) is 5.52. The Bertz CT molecular complexity index is 433. The Morgan fingerprint density at radius 1 is 1.42 bits per heavy atom. The molecule has 1 atom stereocenters. The SMILES string of the molecule is CC(C)NC(=O)CCOc1ccc([C@@H](C)N)cc1Cl. The largest absolute Gasteiger partial charge is 0.491 e. The van der Waals surface area contributed by atoms with Crippen LogP contribution in [0.25, 0.3) is 0 Å². The summed E-state index contributed by atoms with van der Waals surface area (Å²) < 4.78 is 5.49. The number of rotatable bonds is 6. The van der Waals surface area contributed by atoms with E-state index in [0.717, 1.165) is 5.56 Å². The fraction of sp³-hybridized carbons (Fsp3) is 0.500. The van der Waals surface area contributed by atoms with Crippen molar-refractivity contribution in [1.29, 1.82) is 0 Å². The molecule has 0 saturated heterocycles. The molecule has 19 heavy (non-hydrogen) atoms. The van der Waals surface area contributed by atoms with Gasteiger partial charge in [-0.2, -0.15) is 0 Å². The summed E-state index contributed by atoms with van der Waals surface area (Å²) in [6.45, 7) is 6.03. The van der Waals surface area contributed by atoms with Gasteiger partial charge < -0.3 is 15.8 Å². The second-order valence-corrected chi connectivity index (χ2v) is 5.21. The van der Waals surface area contributed by atoms with Crippen molar-refractivity contribution in [3.63, 3.8) is 0 Å². The number of benzene rings is 1. The first-order valence-corrected chi connectivity index (χ1v) is 6.75. The summed E-state index contributed by atoms with van der Waals surface area (Å²) in [5.74, 6) is 0.543. The smallest absolute Gasteiger partial charge is 0.223 e. The lowest BCUT2D eigenvalue weighted by Crippen LogP contribution is -2.31. The Kier molecular flexibility index (Phi) is 6.12. The molecular formula is C14H21ClN2O2. The normalized spacial score (nSPS) is 12.3. The van der Waals surface area contributed by atoms with E-state index >= 15 is 0 Å². The first-order valence-electron chi connectivity index (χ1n) is 6.37. The number of amides is 1. The first-order chi connectivity index (χ1) is 8.90. The maximum atomic E-state index is 11.4. The number of ether oxygens (including phenoxy) is 1. The Morgan fingerprint density at radius 2 is 2.11 bits per heavy atom. The van der Waals surface area contributed by atoms with Crippen LogP contribution in [0.5, 0.6) is 5.75 Å². The van der Waals surface area contributed by atoms with Crippen LogP contribution in [0.4, 0.5) is 0 Å². The number of nitrogens with two attached hydrogens (primary N) is 1. The van der Waals surface area contributed by atoms with Gasteiger partial charge in [-0.15, -0.1) is 0 Å². The van der Waals surface area contributed by atoms with Crippen LogP contribution in [0.2, 0.25) is 5.02 Å². The molecule has 0 aromatic heterocycles. The van der Waals surface area contributed by atoms with Crippen molar-refractivity contribution in [2.45, 2.75) is 39.3 Å². The lowest BCUT2D eigenvalue weighted by atomic mass is 10.1. The van der Waals surface area contributed by atoms with Crippen LogP contribution in [0.3, 0.4) is 0 Å². The zero-order chi connectivity index (χ0) is 14.4. The minimum atomic E-state index is -0.0663. The molecule has 1 rings (SSSR count). The first kappa shape index (κ1) is 15.8. The quantitative estimate of drug-likeness (QED) is 0.844. The minimum absolute atomic E-state index is 0.0293. The number of carbonyl (C=O) groups excluding carboxylic acids is 1. The van der Waals surface area contributed by atoms with Crippen molar-refractivity contribution in [3.05, 3.63) is 28.8 Å². The van der Waals surface area contributed by atoms with Crippen LogP contribution in [-0.4, -0.2) is 18.6 Å². The van der Waals surface area contributed by atoms with Crippen LogP contribution in [0.15, 0.2) is 18.2 Å². The zero-order valence-electron chi connectivity index (χ0n) is 11.6. The second kappa shape index (κ2) is 7.36. The lowest BCUT2D eigenvalue weighted by molar-refractivity contribution is -0.122. The van der Waals surface area contributed by atoms with Gasteiger partial charge >= 0.3 is 0 Å². The Labute approximate surface area is 119 Å². The molecule has 3 N–H and O–H groups in total. The highest BCUT2D eigenvalue weighted by atomic mass is 35.5. The highest BCUT2D eigenvalue weighted by Crippen LogP contribution is 2.27. The molecule has 0 heterocycles. The van der Waals surface area contributed by atoms with Crippen LogP contribution in [-0.2, 0) is 4.79 Å². The molecule has 1 aromatic carbocycles. The van der Waals surface area contributed by atoms with Gasteiger partial charge in [-0.05, 0) is 38.5 Å². The van der Waals surface area contributed by atoms with E-state index in [1.54, 1.807) is 12.1 Å². The Balaban J connectivity index is 2.48. The minimum Gasteiger partial charge on any atom is -0.491 e. The van der Waals surface area contributed by atoms with E-state index in [9.17, 15) is 4.79 Å². The summed E-state index contributed by atoms with van der Waals surface area (Å²) in [5.41, 5.74) is 6.72. The van der Waals surface area contributed by atoms with Gasteiger partial charge in [0.1, 0.15) is 5.75 Å².